The molecule has 2 aromatic carbocycles. The monoisotopic (exact) mass is 519 g/mol. The summed E-state index contributed by atoms with van der Waals surface area (Å²) in [6, 6.07) is 5.09. The molecular weight excluding hydrogens is 500 g/mol. The molecule has 192 valence electrons. The first-order valence-electron chi connectivity index (χ1n) is 11.4. The van der Waals surface area contributed by atoms with E-state index in [0.29, 0.717) is 17.1 Å². The Balaban J connectivity index is 0.000000153. The zero-order valence-electron chi connectivity index (χ0n) is 19.2. The fraction of sp³-hybridized carbons (Fsp3) is 0.250. The second kappa shape index (κ2) is 9.54. The molecule has 4 aliphatic rings. The van der Waals surface area contributed by atoms with Crippen LogP contribution in [0.15, 0.2) is 47.4 Å². The molecule has 6 rings (SSSR count). The molecule has 13 heteroatoms. The minimum absolute atomic E-state index is 0.00546. The van der Waals surface area contributed by atoms with Gasteiger partial charge < -0.3 is 24.4 Å². The van der Waals surface area contributed by atoms with Gasteiger partial charge >= 0.3 is 7.69 Å². The number of rotatable bonds is 6. The van der Waals surface area contributed by atoms with Crippen LogP contribution < -0.4 is 4.65 Å². The molecule has 7 nitrogen and oxygen atoms in total. The molecule has 2 aromatic rings. The normalized spacial score (nSPS) is 17.9. The summed E-state index contributed by atoms with van der Waals surface area (Å²) in [4.78, 5) is 30.5. The number of hydrogen-bond acceptors (Lipinski definition) is 7. The summed E-state index contributed by atoms with van der Waals surface area (Å²) in [6.07, 6.45) is 1.52. The average Bonchev–Trinajstić information content (AvgIpc) is 3.72. The lowest BCUT2D eigenvalue weighted by molar-refractivity contribution is -0.117. The lowest BCUT2D eigenvalue weighted by atomic mass is 10.0. The number of nitrogens with zero attached hydrogens (tertiary/aromatic N) is 3. The topological polar surface area (TPSA) is 72.6 Å². The second-order valence-electron chi connectivity index (χ2n) is 8.60. The molecule has 0 saturated carbocycles. The highest BCUT2D eigenvalue weighted by Crippen LogP contribution is 2.37. The number of ketones is 2. The highest BCUT2D eigenvalue weighted by atomic mass is 19.2. The van der Waals surface area contributed by atoms with E-state index < -0.39 is 42.3 Å². The second-order valence-corrected chi connectivity index (χ2v) is 8.60. The Morgan fingerprint density at radius 1 is 0.730 bits per heavy atom. The maximum absolute atomic E-state index is 13.7. The van der Waals surface area contributed by atoms with Crippen molar-refractivity contribution in [2.24, 2.45) is 0 Å². The first kappa shape index (κ1) is 24.8. The lowest BCUT2D eigenvalue weighted by Gasteiger charge is -2.21. The largest absolute Gasteiger partial charge is 0.538 e. The fourth-order valence-corrected chi connectivity index (χ4v) is 3.99. The number of benzene rings is 2. The number of para-hydroxylation sites is 1. The SMILES string of the molecule is O=C1C=C(N2CC2)C(=O)C(N2CC2)=C1N1CC1.OBOc1ccccc1-c1c(F)c(F)c(F)c(F)c1F. The number of Topliss-reactive ketones (excluding diaryl/α,β-unsaturated/α-hetero) is 1. The van der Waals surface area contributed by atoms with Crippen LogP contribution in [0.5, 0.6) is 5.75 Å². The zero-order chi connectivity index (χ0) is 26.4. The van der Waals surface area contributed by atoms with Crippen molar-refractivity contribution in [2.75, 3.05) is 39.3 Å². The van der Waals surface area contributed by atoms with Gasteiger partial charge in [-0.15, -0.1) is 0 Å². The quantitative estimate of drug-likeness (QED) is 0.156. The molecule has 1 N–H and O–H groups in total. The van der Waals surface area contributed by atoms with Gasteiger partial charge in [-0.2, -0.15) is 0 Å². The first-order valence-corrected chi connectivity index (χ1v) is 11.4. The summed E-state index contributed by atoms with van der Waals surface area (Å²) >= 11 is 0. The Hall–Kier alpha value is -3.87. The summed E-state index contributed by atoms with van der Waals surface area (Å²) in [5, 5.41) is 8.67. The van der Waals surface area contributed by atoms with E-state index in [9.17, 15) is 31.5 Å². The van der Waals surface area contributed by atoms with E-state index in [-0.39, 0.29) is 22.9 Å². The number of allylic oxidation sites excluding steroid dienone is 1. The van der Waals surface area contributed by atoms with Crippen LogP contribution in [0.2, 0.25) is 0 Å². The van der Waals surface area contributed by atoms with Gasteiger partial charge in [0.25, 0.3) is 0 Å². The predicted molar refractivity (Wildman–Crippen MR) is 122 cm³/mol. The van der Waals surface area contributed by atoms with E-state index >= 15 is 0 Å². The van der Waals surface area contributed by atoms with Crippen LogP contribution in [-0.4, -0.2) is 78.2 Å². The van der Waals surface area contributed by atoms with Crippen molar-refractivity contribution in [3.05, 3.63) is 76.5 Å². The highest BCUT2D eigenvalue weighted by Gasteiger charge is 2.43. The van der Waals surface area contributed by atoms with Crippen LogP contribution in [-0.2, 0) is 9.59 Å². The summed E-state index contributed by atoms with van der Waals surface area (Å²) in [5.41, 5.74) is 0.428. The third kappa shape index (κ3) is 4.66. The predicted octanol–water partition coefficient (Wildman–Crippen LogP) is 1.87. The van der Waals surface area contributed by atoms with Crippen molar-refractivity contribution in [3.63, 3.8) is 0 Å². The van der Waals surface area contributed by atoms with Crippen molar-refractivity contribution in [1.29, 1.82) is 0 Å². The molecule has 0 atom stereocenters. The molecule has 3 saturated heterocycles. The zero-order valence-corrected chi connectivity index (χ0v) is 19.2. The molecule has 37 heavy (non-hydrogen) atoms. The Bertz CT molecular complexity index is 1340. The maximum Gasteiger partial charge on any atom is 0.504 e. The van der Waals surface area contributed by atoms with Crippen molar-refractivity contribution in [1.82, 2.24) is 14.7 Å². The van der Waals surface area contributed by atoms with Crippen LogP contribution in [0.3, 0.4) is 0 Å². The van der Waals surface area contributed by atoms with Crippen LogP contribution in [0.1, 0.15) is 0 Å². The summed E-state index contributed by atoms with van der Waals surface area (Å²) in [6.45, 7) is 5.41. The van der Waals surface area contributed by atoms with Crippen LogP contribution >= 0.6 is 0 Å². The smallest absolute Gasteiger partial charge is 0.504 e. The third-order valence-corrected chi connectivity index (χ3v) is 6.07. The van der Waals surface area contributed by atoms with Crippen molar-refractivity contribution in [3.8, 4) is 16.9 Å². The molecule has 3 aliphatic heterocycles. The molecule has 0 radical (unpaired) electrons. The first-order chi connectivity index (χ1) is 17.7. The number of halogens is 5. The minimum Gasteiger partial charge on any atom is -0.538 e. The van der Waals surface area contributed by atoms with Gasteiger partial charge in [0.2, 0.25) is 17.4 Å². The van der Waals surface area contributed by atoms with Gasteiger partial charge in [0.1, 0.15) is 17.1 Å². The van der Waals surface area contributed by atoms with Crippen LogP contribution in [0.4, 0.5) is 22.0 Å². The van der Waals surface area contributed by atoms with Gasteiger partial charge in [-0.25, -0.2) is 22.0 Å². The Morgan fingerprint density at radius 3 is 1.78 bits per heavy atom. The van der Waals surface area contributed by atoms with Crippen molar-refractivity contribution < 1.29 is 41.2 Å². The highest BCUT2D eigenvalue weighted by molar-refractivity contribution is 6.22. The van der Waals surface area contributed by atoms with E-state index in [4.69, 9.17) is 9.68 Å². The third-order valence-electron chi connectivity index (χ3n) is 6.07. The molecule has 0 amide bonds. The standard InChI is InChI=1S/C12H6BF5O2.C12H13N3O2/c14-8-7(9(15)11(17)12(18)10(8)16)5-3-1-2-4-6(5)20-13-19;16-9-7-8(13-1-2-13)12(17)11(15-5-6-15)10(9)14-3-4-14/h1-4,13,19H;7H,1-6H2. The summed E-state index contributed by atoms with van der Waals surface area (Å²) in [7, 11) is -0.813. The fourth-order valence-electron chi connectivity index (χ4n) is 3.99. The van der Waals surface area contributed by atoms with Gasteiger partial charge in [-0.05, 0) is 6.07 Å². The van der Waals surface area contributed by atoms with Gasteiger partial charge in [0, 0.05) is 50.9 Å². The van der Waals surface area contributed by atoms with Crippen molar-refractivity contribution >= 4 is 19.3 Å². The van der Waals surface area contributed by atoms with Gasteiger partial charge in [-0.1, -0.05) is 18.2 Å². The maximum atomic E-state index is 13.7. The number of hydrogen-bond donors (Lipinski definition) is 1. The Labute approximate surface area is 208 Å². The minimum atomic E-state index is -2.23. The van der Waals surface area contributed by atoms with E-state index in [1.54, 1.807) is 0 Å². The summed E-state index contributed by atoms with van der Waals surface area (Å²) in [5.74, 6) is -10.4. The Kier molecular flexibility index (Phi) is 6.40. The number of carbonyl (C=O) groups is 2. The molecule has 0 aromatic heterocycles. The Morgan fingerprint density at radius 2 is 1.24 bits per heavy atom. The van der Waals surface area contributed by atoms with Gasteiger partial charge in [-0.3, -0.25) is 9.59 Å². The van der Waals surface area contributed by atoms with E-state index in [2.05, 4.69) is 0 Å². The van der Waals surface area contributed by atoms with Gasteiger partial charge in [0.15, 0.2) is 23.3 Å². The molecular formula is C24H19BF5N3O4. The van der Waals surface area contributed by atoms with Gasteiger partial charge in [0.05, 0.1) is 11.3 Å². The molecule has 1 aliphatic carbocycles. The van der Waals surface area contributed by atoms with E-state index in [0.717, 1.165) is 45.3 Å². The molecule has 0 unspecified atom stereocenters. The van der Waals surface area contributed by atoms with Crippen LogP contribution in [0.25, 0.3) is 11.1 Å². The van der Waals surface area contributed by atoms with Crippen LogP contribution in [0, 0.1) is 29.1 Å². The molecule has 3 fully saturated rings. The van der Waals surface area contributed by atoms with E-state index in [1.807, 2.05) is 14.7 Å². The number of carbonyl (C=O) groups excluding carboxylic acids is 2. The molecule has 0 spiro atoms. The molecule has 0 bridgehead atoms. The average molecular weight is 519 g/mol. The van der Waals surface area contributed by atoms with Crippen molar-refractivity contribution in [2.45, 2.75) is 0 Å². The molecule has 3 heterocycles. The lowest BCUT2D eigenvalue weighted by Crippen LogP contribution is -2.29. The van der Waals surface area contributed by atoms with E-state index in [1.165, 1.54) is 24.3 Å². The summed E-state index contributed by atoms with van der Waals surface area (Å²) < 4.78 is 71.3.